The summed E-state index contributed by atoms with van der Waals surface area (Å²) in [5.41, 5.74) is 1.18. The third-order valence-corrected chi connectivity index (χ3v) is 4.36. The highest BCUT2D eigenvalue weighted by Crippen LogP contribution is 2.37. The van der Waals surface area contributed by atoms with Gasteiger partial charge in [0.1, 0.15) is 5.82 Å². The lowest BCUT2D eigenvalue weighted by atomic mass is 10.1. The van der Waals surface area contributed by atoms with E-state index in [-0.39, 0.29) is 18.4 Å². The number of piperazine rings is 1. The third-order valence-electron chi connectivity index (χ3n) is 4.36. The second-order valence-corrected chi connectivity index (χ2v) is 5.74. The summed E-state index contributed by atoms with van der Waals surface area (Å²) in [5, 5.41) is 3.47. The fraction of sp³-hybridized carbons (Fsp3) is 0.438. The van der Waals surface area contributed by atoms with Crippen LogP contribution in [0.15, 0.2) is 30.6 Å². The SMILES string of the molecule is Cl.Cn1ccnc1C1CNCCN1Cc1cccc2c1OCO2. The standard InChI is InChI=1S/C16H20N4O2.ClH/c1-19-7-6-18-16(19)13-9-17-5-8-20(13)10-12-3-2-4-14-15(12)22-11-21-14;/h2-4,6-7,13,17H,5,8-11H2,1H3;1H. The Bertz CT molecular complexity index is 676. The molecule has 0 spiro atoms. The Balaban J connectivity index is 0.00000156. The van der Waals surface area contributed by atoms with Crippen LogP contribution in [-0.4, -0.2) is 40.9 Å². The third kappa shape index (κ3) is 3.02. The molecule has 2 aliphatic heterocycles. The highest BCUT2D eigenvalue weighted by Gasteiger charge is 2.28. The number of aryl methyl sites for hydroxylation is 1. The van der Waals surface area contributed by atoms with E-state index in [0.717, 1.165) is 43.5 Å². The van der Waals surface area contributed by atoms with E-state index < -0.39 is 0 Å². The number of para-hydroxylation sites is 1. The molecule has 0 amide bonds. The molecule has 124 valence electrons. The molecule has 4 rings (SSSR count). The van der Waals surface area contributed by atoms with Crippen molar-refractivity contribution < 1.29 is 9.47 Å². The lowest BCUT2D eigenvalue weighted by molar-refractivity contribution is 0.140. The van der Waals surface area contributed by atoms with E-state index in [1.807, 2.05) is 31.6 Å². The first-order valence-electron chi connectivity index (χ1n) is 7.62. The van der Waals surface area contributed by atoms with E-state index >= 15 is 0 Å². The summed E-state index contributed by atoms with van der Waals surface area (Å²) >= 11 is 0. The van der Waals surface area contributed by atoms with E-state index in [1.165, 1.54) is 5.56 Å². The zero-order valence-electron chi connectivity index (χ0n) is 13.1. The molecule has 1 fully saturated rings. The molecule has 1 atom stereocenters. The lowest BCUT2D eigenvalue weighted by Crippen LogP contribution is -2.46. The predicted molar refractivity (Wildman–Crippen MR) is 89.0 cm³/mol. The maximum Gasteiger partial charge on any atom is 0.231 e. The van der Waals surface area contributed by atoms with Crippen LogP contribution in [0.25, 0.3) is 0 Å². The van der Waals surface area contributed by atoms with Gasteiger partial charge in [0.05, 0.1) is 6.04 Å². The average Bonchev–Trinajstić information content (AvgIpc) is 3.17. The van der Waals surface area contributed by atoms with Crippen LogP contribution in [0.3, 0.4) is 0 Å². The molecule has 3 heterocycles. The summed E-state index contributed by atoms with van der Waals surface area (Å²) in [6.07, 6.45) is 3.86. The first-order valence-corrected chi connectivity index (χ1v) is 7.62. The minimum Gasteiger partial charge on any atom is -0.454 e. The fourth-order valence-corrected chi connectivity index (χ4v) is 3.22. The molecule has 1 aromatic heterocycles. The molecule has 1 saturated heterocycles. The topological polar surface area (TPSA) is 51.6 Å². The number of nitrogens with one attached hydrogen (secondary N) is 1. The van der Waals surface area contributed by atoms with Gasteiger partial charge in [-0.1, -0.05) is 12.1 Å². The van der Waals surface area contributed by atoms with E-state index in [0.29, 0.717) is 6.79 Å². The molecular weight excluding hydrogens is 316 g/mol. The first-order chi connectivity index (χ1) is 10.8. The molecule has 0 aliphatic carbocycles. The number of benzene rings is 1. The molecule has 2 aliphatic rings. The second kappa shape index (κ2) is 6.78. The monoisotopic (exact) mass is 336 g/mol. The van der Waals surface area contributed by atoms with E-state index in [2.05, 4.69) is 25.8 Å². The van der Waals surface area contributed by atoms with Gasteiger partial charge in [-0.15, -0.1) is 12.4 Å². The van der Waals surface area contributed by atoms with Crippen LogP contribution in [0, 0.1) is 0 Å². The quantitative estimate of drug-likeness (QED) is 0.925. The number of rotatable bonds is 3. The van der Waals surface area contributed by atoms with Gasteiger partial charge < -0.3 is 19.4 Å². The van der Waals surface area contributed by atoms with Gasteiger partial charge in [0.2, 0.25) is 6.79 Å². The van der Waals surface area contributed by atoms with Crippen molar-refractivity contribution in [2.45, 2.75) is 12.6 Å². The minimum atomic E-state index is 0. The Morgan fingerprint density at radius 3 is 3.09 bits per heavy atom. The number of imidazole rings is 1. The molecule has 23 heavy (non-hydrogen) atoms. The van der Waals surface area contributed by atoms with Crippen molar-refractivity contribution in [3.8, 4) is 11.5 Å². The van der Waals surface area contributed by atoms with Crippen LogP contribution < -0.4 is 14.8 Å². The number of ether oxygens (including phenoxy) is 2. The molecule has 1 aromatic carbocycles. The Hall–Kier alpha value is -1.76. The van der Waals surface area contributed by atoms with E-state index in [1.54, 1.807) is 0 Å². The number of halogens is 1. The molecule has 1 N–H and O–H groups in total. The molecule has 2 aromatic rings. The van der Waals surface area contributed by atoms with Crippen LogP contribution in [0.2, 0.25) is 0 Å². The van der Waals surface area contributed by atoms with Crippen molar-refractivity contribution in [1.82, 2.24) is 19.8 Å². The molecular formula is C16H21ClN4O2. The maximum atomic E-state index is 5.64. The highest BCUT2D eigenvalue weighted by atomic mass is 35.5. The number of hydrogen-bond acceptors (Lipinski definition) is 5. The van der Waals surface area contributed by atoms with Gasteiger partial charge in [-0.25, -0.2) is 4.98 Å². The molecule has 6 nitrogen and oxygen atoms in total. The van der Waals surface area contributed by atoms with Gasteiger partial charge in [-0.2, -0.15) is 0 Å². The lowest BCUT2D eigenvalue weighted by Gasteiger charge is -2.35. The summed E-state index contributed by atoms with van der Waals surface area (Å²) in [7, 11) is 2.05. The van der Waals surface area contributed by atoms with E-state index in [4.69, 9.17) is 9.47 Å². The normalized spacial score (nSPS) is 20.3. The van der Waals surface area contributed by atoms with Crippen molar-refractivity contribution in [3.63, 3.8) is 0 Å². The molecule has 0 saturated carbocycles. The zero-order chi connectivity index (χ0) is 14.9. The predicted octanol–water partition coefficient (Wildman–Crippen LogP) is 1.72. The number of aromatic nitrogens is 2. The summed E-state index contributed by atoms with van der Waals surface area (Å²) < 4.78 is 13.2. The second-order valence-electron chi connectivity index (χ2n) is 5.74. The van der Waals surface area contributed by atoms with Crippen molar-refractivity contribution in [2.24, 2.45) is 7.05 Å². The van der Waals surface area contributed by atoms with Crippen molar-refractivity contribution in [3.05, 3.63) is 42.0 Å². The van der Waals surface area contributed by atoms with Gasteiger partial charge in [0.15, 0.2) is 11.5 Å². The fourth-order valence-electron chi connectivity index (χ4n) is 3.22. The largest absolute Gasteiger partial charge is 0.454 e. The van der Waals surface area contributed by atoms with Gasteiger partial charge in [-0.05, 0) is 6.07 Å². The summed E-state index contributed by atoms with van der Waals surface area (Å²) in [4.78, 5) is 6.98. The highest BCUT2D eigenvalue weighted by molar-refractivity contribution is 5.85. The Morgan fingerprint density at radius 2 is 2.26 bits per heavy atom. The maximum absolute atomic E-state index is 5.64. The van der Waals surface area contributed by atoms with Gasteiger partial charge in [-0.3, -0.25) is 4.90 Å². The van der Waals surface area contributed by atoms with Crippen LogP contribution >= 0.6 is 12.4 Å². The Kier molecular flexibility index (Phi) is 4.75. The van der Waals surface area contributed by atoms with Crippen LogP contribution in [0.5, 0.6) is 11.5 Å². The van der Waals surface area contributed by atoms with Gasteiger partial charge in [0, 0.05) is 51.2 Å². The van der Waals surface area contributed by atoms with E-state index in [9.17, 15) is 0 Å². The van der Waals surface area contributed by atoms with Crippen molar-refractivity contribution in [1.29, 1.82) is 0 Å². The minimum absolute atomic E-state index is 0. The summed E-state index contributed by atoms with van der Waals surface area (Å²) in [5.74, 6) is 2.83. The number of hydrogen-bond donors (Lipinski definition) is 1. The summed E-state index contributed by atoms with van der Waals surface area (Å²) in [6.45, 7) is 4.05. The smallest absolute Gasteiger partial charge is 0.231 e. The Labute approximate surface area is 141 Å². The first kappa shape index (κ1) is 16.1. The molecule has 7 heteroatoms. The van der Waals surface area contributed by atoms with Crippen LogP contribution in [0.1, 0.15) is 17.4 Å². The number of fused-ring (bicyclic) bond motifs is 1. The van der Waals surface area contributed by atoms with Crippen LogP contribution in [-0.2, 0) is 13.6 Å². The van der Waals surface area contributed by atoms with Crippen molar-refractivity contribution in [2.75, 3.05) is 26.4 Å². The molecule has 0 radical (unpaired) electrons. The zero-order valence-corrected chi connectivity index (χ0v) is 13.9. The average molecular weight is 337 g/mol. The number of nitrogens with zero attached hydrogens (tertiary/aromatic N) is 3. The Morgan fingerprint density at radius 1 is 1.35 bits per heavy atom. The molecule has 0 bridgehead atoms. The van der Waals surface area contributed by atoms with Crippen LogP contribution in [0.4, 0.5) is 0 Å². The van der Waals surface area contributed by atoms with Crippen molar-refractivity contribution >= 4 is 12.4 Å². The van der Waals surface area contributed by atoms with Gasteiger partial charge in [0.25, 0.3) is 0 Å². The van der Waals surface area contributed by atoms with Gasteiger partial charge >= 0.3 is 0 Å². The summed E-state index contributed by atoms with van der Waals surface area (Å²) in [6, 6.07) is 6.37. The molecule has 1 unspecified atom stereocenters.